The zero-order valence-electron chi connectivity index (χ0n) is 22.2. The number of thiol groups is 1. The Morgan fingerprint density at radius 1 is 1.08 bits per heavy atom. The zero-order valence-corrected chi connectivity index (χ0v) is 24.6. The predicted molar refractivity (Wildman–Crippen MR) is 155 cm³/mol. The van der Waals surface area contributed by atoms with Gasteiger partial charge in [-0.3, -0.25) is 9.79 Å². The molecule has 2 aromatic carbocycles. The first-order valence-corrected chi connectivity index (χ1v) is 13.8. The quantitative estimate of drug-likeness (QED) is 0.168. The first-order valence-electron chi connectivity index (χ1n) is 11.8. The molecule has 1 aliphatic rings. The molecule has 0 saturated heterocycles. The second-order valence-corrected chi connectivity index (χ2v) is 9.04. The summed E-state index contributed by atoms with van der Waals surface area (Å²) < 4.78 is 21.7. The van der Waals surface area contributed by atoms with Gasteiger partial charge in [0.05, 0.1) is 17.6 Å². The number of halogens is 1. The second kappa shape index (κ2) is 16.9. The van der Waals surface area contributed by atoms with Gasteiger partial charge in [0.1, 0.15) is 31.2 Å². The molecular weight excluding hydrogens is 560 g/mol. The molecule has 37 heavy (non-hydrogen) atoms. The van der Waals surface area contributed by atoms with Crippen molar-refractivity contribution < 1.29 is 28.5 Å². The number of hydrogen-bond donors (Lipinski definition) is 1. The Bertz CT molecular complexity index is 995. The number of amides is 1. The van der Waals surface area contributed by atoms with E-state index in [1.54, 1.807) is 29.4 Å². The number of rotatable bonds is 8. The third-order valence-electron chi connectivity index (χ3n) is 4.67. The van der Waals surface area contributed by atoms with Gasteiger partial charge in [-0.2, -0.15) is 12.6 Å². The molecule has 0 fully saturated rings. The molecule has 3 rings (SSSR count). The summed E-state index contributed by atoms with van der Waals surface area (Å²) in [6.45, 7) is 13.5. The minimum atomic E-state index is -0.487. The standard InChI is InChI=1S/C16H24N2O3.C10H9BrO3.CH4S/c1-6-18(15(19)21-16(2,3)4)11-12-20-14-9-7-13(17-5)8-10-14;11-6-8(12)7-1-2-9-10(5-7)14-4-3-13-9;1-2/h7-10H,5-6,11-12H2,1-4H3;1-2,5H,3-4,6H2;2H,1H3. The van der Waals surface area contributed by atoms with Gasteiger partial charge in [-0.05, 0) is 83.1 Å². The first-order chi connectivity index (χ1) is 17.7. The number of alkyl halides is 1. The summed E-state index contributed by atoms with van der Waals surface area (Å²) in [5.74, 6) is 2.15. The van der Waals surface area contributed by atoms with E-state index < -0.39 is 5.60 Å². The lowest BCUT2D eigenvalue weighted by atomic mass is 10.1. The van der Waals surface area contributed by atoms with Gasteiger partial charge in [0.25, 0.3) is 0 Å². The Morgan fingerprint density at radius 3 is 2.24 bits per heavy atom. The molecule has 0 bridgehead atoms. The Balaban J connectivity index is 0.000000369. The van der Waals surface area contributed by atoms with E-state index in [9.17, 15) is 9.59 Å². The van der Waals surface area contributed by atoms with E-state index >= 15 is 0 Å². The van der Waals surface area contributed by atoms with Gasteiger partial charge < -0.3 is 23.8 Å². The van der Waals surface area contributed by atoms with Crippen molar-refractivity contribution in [3.63, 3.8) is 0 Å². The van der Waals surface area contributed by atoms with Crippen molar-refractivity contribution >= 4 is 52.8 Å². The van der Waals surface area contributed by atoms with E-state index in [0.717, 1.165) is 11.4 Å². The van der Waals surface area contributed by atoms with Gasteiger partial charge in [-0.25, -0.2) is 4.79 Å². The molecule has 204 valence electrons. The Hall–Kier alpha value is -2.72. The van der Waals surface area contributed by atoms with Crippen LogP contribution < -0.4 is 14.2 Å². The molecular formula is C27H37BrN2O6S. The highest BCUT2D eigenvalue weighted by Gasteiger charge is 2.21. The third kappa shape index (κ3) is 11.9. The summed E-state index contributed by atoms with van der Waals surface area (Å²) in [6, 6.07) is 12.5. The smallest absolute Gasteiger partial charge is 0.410 e. The van der Waals surface area contributed by atoms with Crippen LogP contribution in [0.1, 0.15) is 38.1 Å². The zero-order chi connectivity index (χ0) is 27.8. The van der Waals surface area contributed by atoms with E-state index in [2.05, 4.69) is 40.3 Å². The van der Waals surface area contributed by atoms with Crippen LogP contribution in [0, 0.1) is 0 Å². The van der Waals surface area contributed by atoms with E-state index in [1.807, 2.05) is 52.0 Å². The van der Waals surface area contributed by atoms with Gasteiger partial charge in [0.2, 0.25) is 0 Å². The van der Waals surface area contributed by atoms with E-state index in [-0.39, 0.29) is 11.9 Å². The number of fused-ring (bicyclic) bond motifs is 1. The van der Waals surface area contributed by atoms with Gasteiger partial charge >= 0.3 is 6.09 Å². The molecule has 10 heteroatoms. The molecule has 0 aliphatic carbocycles. The monoisotopic (exact) mass is 596 g/mol. The van der Waals surface area contributed by atoms with Crippen molar-refractivity contribution in [2.75, 3.05) is 44.5 Å². The summed E-state index contributed by atoms with van der Waals surface area (Å²) in [4.78, 5) is 28.7. The van der Waals surface area contributed by atoms with Crippen LogP contribution in [0.3, 0.4) is 0 Å². The molecule has 0 saturated carbocycles. The minimum Gasteiger partial charge on any atom is -0.492 e. The maximum atomic E-state index is 11.9. The number of ether oxygens (including phenoxy) is 4. The van der Waals surface area contributed by atoms with Gasteiger partial charge in [0, 0.05) is 12.1 Å². The maximum absolute atomic E-state index is 11.9. The molecule has 8 nitrogen and oxygen atoms in total. The SMILES string of the molecule is C=Nc1ccc(OCCN(CC)C(=O)OC(C)(C)C)cc1.CS.O=C(CBr)c1ccc2c(c1)OCCO2. The second-order valence-electron chi connectivity index (χ2n) is 8.48. The van der Waals surface area contributed by atoms with Gasteiger partial charge in [-0.1, -0.05) is 15.9 Å². The molecule has 1 aliphatic heterocycles. The number of aliphatic imine (C=N–C) groups is 1. The van der Waals surface area contributed by atoms with E-state index in [4.69, 9.17) is 18.9 Å². The molecule has 1 heterocycles. The average molecular weight is 598 g/mol. The van der Waals surface area contributed by atoms with E-state index in [1.165, 1.54) is 0 Å². The summed E-state index contributed by atoms with van der Waals surface area (Å²) in [7, 11) is 0. The molecule has 1 amide bonds. The first kappa shape index (κ1) is 32.3. The van der Waals surface area contributed by atoms with Crippen molar-refractivity contribution in [1.82, 2.24) is 4.90 Å². The normalized spacial score (nSPS) is 11.5. The van der Waals surface area contributed by atoms with Gasteiger partial charge in [0.15, 0.2) is 17.3 Å². The van der Waals surface area contributed by atoms with Crippen molar-refractivity contribution in [2.45, 2.75) is 33.3 Å². The van der Waals surface area contributed by atoms with Crippen molar-refractivity contribution in [3.8, 4) is 17.2 Å². The lowest BCUT2D eigenvalue weighted by Gasteiger charge is -2.26. The number of likely N-dealkylation sites (N-methyl/N-ethyl adjacent to an activating group) is 1. The van der Waals surface area contributed by atoms with Crippen LogP contribution in [0.15, 0.2) is 47.5 Å². The lowest BCUT2D eigenvalue weighted by molar-refractivity contribution is 0.0237. The number of ketones is 1. The largest absolute Gasteiger partial charge is 0.492 e. The fraction of sp³-hybridized carbons (Fsp3) is 0.444. The van der Waals surface area contributed by atoms with Gasteiger partial charge in [-0.15, -0.1) is 0 Å². The molecule has 2 aromatic rings. The molecule has 0 N–H and O–H groups in total. The number of hydrogen-bond acceptors (Lipinski definition) is 8. The molecule has 0 unspecified atom stereocenters. The Morgan fingerprint density at radius 2 is 1.70 bits per heavy atom. The van der Waals surface area contributed by atoms with Crippen molar-refractivity contribution in [2.24, 2.45) is 4.99 Å². The number of carbonyl (C=O) groups excluding carboxylic acids is 2. The minimum absolute atomic E-state index is 0.0435. The summed E-state index contributed by atoms with van der Waals surface area (Å²) in [5.41, 5.74) is 0.955. The number of benzene rings is 2. The van der Waals surface area contributed by atoms with Crippen LogP contribution in [0.25, 0.3) is 0 Å². The molecule has 0 spiro atoms. The highest BCUT2D eigenvalue weighted by molar-refractivity contribution is 9.09. The fourth-order valence-corrected chi connectivity index (χ4v) is 3.24. The molecule has 0 atom stereocenters. The van der Waals surface area contributed by atoms with E-state index in [0.29, 0.717) is 55.3 Å². The fourth-order valence-electron chi connectivity index (χ4n) is 2.92. The number of nitrogens with zero attached hydrogens (tertiary/aromatic N) is 2. The average Bonchev–Trinajstić information content (AvgIpc) is 2.91. The van der Waals surface area contributed by atoms with Crippen LogP contribution >= 0.6 is 28.6 Å². The van der Waals surface area contributed by atoms with Crippen LogP contribution in [-0.4, -0.2) is 73.6 Å². The predicted octanol–water partition coefficient (Wildman–Crippen LogP) is 6.24. The van der Waals surface area contributed by atoms with Crippen LogP contribution in [-0.2, 0) is 4.74 Å². The number of Topliss-reactive ketones (excluding diaryl/α,β-unsaturated/α-hetero) is 1. The van der Waals surface area contributed by atoms with Crippen molar-refractivity contribution in [1.29, 1.82) is 0 Å². The topological polar surface area (TPSA) is 86.7 Å². The van der Waals surface area contributed by atoms with Crippen LogP contribution in [0.2, 0.25) is 0 Å². The van der Waals surface area contributed by atoms with Crippen molar-refractivity contribution in [3.05, 3.63) is 48.0 Å². The highest BCUT2D eigenvalue weighted by Crippen LogP contribution is 2.30. The Labute approximate surface area is 233 Å². The Kier molecular flexibility index (Phi) is 14.8. The maximum Gasteiger partial charge on any atom is 0.410 e. The summed E-state index contributed by atoms with van der Waals surface area (Å²) in [6.07, 6.45) is 1.37. The summed E-state index contributed by atoms with van der Waals surface area (Å²) in [5, 5.41) is 0.326. The van der Waals surface area contributed by atoms with Crippen LogP contribution in [0.4, 0.5) is 10.5 Å². The van der Waals surface area contributed by atoms with Crippen LogP contribution in [0.5, 0.6) is 17.2 Å². The number of carbonyl (C=O) groups is 2. The summed E-state index contributed by atoms with van der Waals surface area (Å²) >= 11 is 6.65. The molecule has 0 aromatic heterocycles. The lowest BCUT2D eigenvalue weighted by Crippen LogP contribution is -2.38. The highest BCUT2D eigenvalue weighted by atomic mass is 79.9. The molecule has 0 radical (unpaired) electrons. The third-order valence-corrected chi connectivity index (χ3v) is 5.18.